The van der Waals surface area contributed by atoms with Gasteiger partial charge < -0.3 is 9.47 Å². The SMILES string of the molecule is CCC(=O)C(Cl)c1cc(OC)ccc1OC. The predicted molar refractivity (Wildman–Crippen MR) is 63.4 cm³/mol. The van der Waals surface area contributed by atoms with E-state index in [1.54, 1.807) is 39.3 Å². The molecular formula is C12H15ClO3. The highest BCUT2D eigenvalue weighted by molar-refractivity contribution is 6.31. The second-order valence-electron chi connectivity index (χ2n) is 3.29. The Morgan fingerprint density at radius 2 is 2.06 bits per heavy atom. The first-order valence-electron chi connectivity index (χ1n) is 5.02. The molecule has 0 aliphatic heterocycles. The topological polar surface area (TPSA) is 35.5 Å². The molecule has 0 aromatic heterocycles. The lowest BCUT2D eigenvalue weighted by Crippen LogP contribution is -2.07. The molecule has 0 spiro atoms. The van der Waals surface area contributed by atoms with Crippen LogP contribution in [0.25, 0.3) is 0 Å². The number of Topliss-reactive ketones (excluding diaryl/α,β-unsaturated/α-hetero) is 1. The van der Waals surface area contributed by atoms with Crippen LogP contribution in [0.2, 0.25) is 0 Å². The zero-order chi connectivity index (χ0) is 12.1. The number of carbonyl (C=O) groups is 1. The van der Waals surface area contributed by atoms with Crippen LogP contribution in [0.1, 0.15) is 24.3 Å². The fraction of sp³-hybridized carbons (Fsp3) is 0.417. The van der Waals surface area contributed by atoms with Gasteiger partial charge >= 0.3 is 0 Å². The maximum absolute atomic E-state index is 11.6. The van der Waals surface area contributed by atoms with E-state index in [-0.39, 0.29) is 5.78 Å². The Balaban J connectivity index is 3.12. The third-order valence-electron chi connectivity index (χ3n) is 2.34. The van der Waals surface area contributed by atoms with Gasteiger partial charge in [-0.3, -0.25) is 4.79 Å². The lowest BCUT2D eigenvalue weighted by Gasteiger charge is -2.13. The van der Waals surface area contributed by atoms with E-state index in [0.29, 0.717) is 23.5 Å². The number of hydrogen-bond acceptors (Lipinski definition) is 3. The molecule has 1 atom stereocenters. The van der Waals surface area contributed by atoms with Crippen LogP contribution in [0.4, 0.5) is 0 Å². The van der Waals surface area contributed by atoms with Crippen molar-refractivity contribution in [1.82, 2.24) is 0 Å². The Kier molecular flexibility index (Phi) is 4.62. The smallest absolute Gasteiger partial charge is 0.155 e. The van der Waals surface area contributed by atoms with Gasteiger partial charge in [-0.15, -0.1) is 11.6 Å². The van der Waals surface area contributed by atoms with Gasteiger partial charge in [-0.1, -0.05) is 6.92 Å². The highest BCUT2D eigenvalue weighted by atomic mass is 35.5. The zero-order valence-corrected chi connectivity index (χ0v) is 10.4. The summed E-state index contributed by atoms with van der Waals surface area (Å²) >= 11 is 6.08. The van der Waals surface area contributed by atoms with Crippen molar-refractivity contribution in [2.24, 2.45) is 0 Å². The molecule has 3 nitrogen and oxygen atoms in total. The summed E-state index contributed by atoms with van der Waals surface area (Å²) in [6.07, 6.45) is 0.397. The monoisotopic (exact) mass is 242 g/mol. The fourth-order valence-corrected chi connectivity index (χ4v) is 1.71. The molecule has 88 valence electrons. The Labute approximate surface area is 100 Å². The number of methoxy groups -OCH3 is 2. The van der Waals surface area contributed by atoms with E-state index < -0.39 is 5.38 Å². The normalized spacial score (nSPS) is 12.0. The molecular weight excluding hydrogens is 228 g/mol. The average Bonchev–Trinajstić information content (AvgIpc) is 2.35. The minimum absolute atomic E-state index is 0.0341. The number of halogens is 1. The van der Waals surface area contributed by atoms with Gasteiger partial charge in [0.1, 0.15) is 16.9 Å². The fourth-order valence-electron chi connectivity index (χ4n) is 1.39. The summed E-state index contributed by atoms with van der Waals surface area (Å²) < 4.78 is 10.3. The minimum Gasteiger partial charge on any atom is -0.497 e. The molecule has 1 unspecified atom stereocenters. The van der Waals surface area contributed by atoms with Crippen molar-refractivity contribution in [1.29, 1.82) is 0 Å². The molecule has 0 bridgehead atoms. The molecule has 0 aliphatic rings. The van der Waals surface area contributed by atoms with Gasteiger partial charge in [-0.05, 0) is 18.2 Å². The number of carbonyl (C=O) groups excluding carboxylic acids is 1. The summed E-state index contributed by atoms with van der Waals surface area (Å²) in [5.41, 5.74) is 0.648. The van der Waals surface area contributed by atoms with Gasteiger partial charge in [0.2, 0.25) is 0 Å². The molecule has 16 heavy (non-hydrogen) atoms. The van der Waals surface area contributed by atoms with Gasteiger partial charge in [0.15, 0.2) is 5.78 Å². The van der Waals surface area contributed by atoms with Crippen molar-refractivity contribution in [2.45, 2.75) is 18.7 Å². The van der Waals surface area contributed by atoms with Gasteiger partial charge in [-0.25, -0.2) is 0 Å². The van der Waals surface area contributed by atoms with E-state index in [4.69, 9.17) is 21.1 Å². The molecule has 0 N–H and O–H groups in total. The molecule has 1 aromatic rings. The summed E-state index contributed by atoms with van der Waals surface area (Å²) in [5.74, 6) is 1.22. The van der Waals surface area contributed by atoms with E-state index >= 15 is 0 Å². The Bertz CT molecular complexity index is 377. The lowest BCUT2D eigenvalue weighted by molar-refractivity contribution is -0.118. The average molecular weight is 243 g/mol. The Hall–Kier alpha value is -1.22. The second-order valence-corrected chi connectivity index (χ2v) is 3.73. The van der Waals surface area contributed by atoms with Crippen molar-refractivity contribution >= 4 is 17.4 Å². The number of rotatable bonds is 5. The second kappa shape index (κ2) is 5.75. The molecule has 0 radical (unpaired) electrons. The van der Waals surface area contributed by atoms with Crippen molar-refractivity contribution < 1.29 is 14.3 Å². The number of ether oxygens (including phenoxy) is 2. The van der Waals surface area contributed by atoms with Crippen molar-refractivity contribution in [3.8, 4) is 11.5 Å². The molecule has 0 heterocycles. The molecule has 0 saturated heterocycles. The summed E-state index contributed by atoms with van der Waals surface area (Å²) in [6.45, 7) is 1.78. The highest BCUT2D eigenvalue weighted by Crippen LogP contribution is 2.33. The number of benzene rings is 1. The van der Waals surface area contributed by atoms with Crippen molar-refractivity contribution in [3.63, 3.8) is 0 Å². The van der Waals surface area contributed by atoms with Crippen LogP contribution >= 0.6 is 11.6 Å². The molecule has 0 saturated carbocycles. The standard InChI is InChI=1S/C12H15ClO3/c1-4-10(14)12(13)9-7-8(15-2)5-6-11(9)16-3/h5-7,12H,4H2,1-3H3. The Morgan fingerprint density at radius 3 is 2.56 bits per heavy atom. The third-order valence-corrected chi connectivity index (χ3v) is 2.82. The molecule has 4 heteroatoms. The molecule has 1 rings (SSSR count). The van der Waals surface area contributed by atoms with E-state index in [1.165, 1.54) is 0 Å². The quantitative estimate of drug-likeness (QED) is 0.745. The number of hydrogen-bond donors (Lipinski definition) is 0. The van der Waals surface area contributed by atoms with Crippen molar-refractivity contribution in [2.75, 3.05) is 14.2 Å². The van der Waals surface area contributed by atoms with Gasteiger partial charge in [0.05, 0.1) is 14.2 Å². The summed E-state index contributed by atoms with van der Waals surface area (Å²) in [5, 5.41) is -0.685. The maximum atomic E-state index is 11.6. The van der Waals surface area contributed by atoms with Crippen molar-refractivity contribution in [3.05, 3.63) is 23.8 Å². The predicted octanol–water partition coefficient (Wildman–Crippen LogP) is 2.96. The van der Waals surface area contributed by atoms with Gasteiger partial charge in [-0.2, -0.15) is 0 Å². The van der Waals surface area contributed by atoms with Crippen LogP contribution in [0, 0.1) is 0 Å². The van der Waals surface area contributed by atoms with Crippen LogP contribution < -0.4 is 9.47 Å². The summed E-state index contributed by atoms with van der Waals surface area (Å²) in [4.78, 5) is 11.6. The molecule has 0 aliphatic carbocycles. The van der Waals surface area contributed by atoms with Crippen LogP contribution in [0.3, 0.4) is 0 Å². The van der Waals surface area contributed by atoms with Gasteiger partial charge in [0, 0.05) is 12.0 Å². The van der Waals surface area contributed by atoms with Crippen LogP contribution in [-0.4, -0.2) is 20.0 Å². The lowest BCUT2D eigenvalue weighted by atomic mass is 10.1. The maximum Gasteiger partial charge on any atom is 0.155 e. The summed E-state index contributed by atoms with van der Waals surface area (Å²) in [6, 6.07) is 5.24. The zero-order valence-electron chi connectivity index (χ0n) is 9.62. The van der Waals surface area contributed by atoms with E-state index in [1.807, 2.05) is 0 Å². The number of alkyl halides is 1. The largest absolute Gasteiger partial charge is 0.497 e. The molecule has 0 amide bonds. The minimum atomic E-state index is -0.685. The van der Waals surface area contributed by atoms with Crippen LogP contribution in [0.15, 0.2) is 18.2 Å². The van der Waals surface area contributed by atoms with Gasteiger partial charge in [0.25, 0.3) is 0 Å². The summed E-state index contributed by atoms with van der Waals surface area (Å²) in [7, 11) is 3.11. The Morgan fingerprint density at radius 1 is 1.38 bits per heavy atom. The molecule has 0 fully saturated rings. The first-order chi connectivity index (χ1) is 7.63. The van der Waals surface area contributed by atoms with E-state index in [2.05, 4.69) is 0 Å². The number of ketones is 1. The van der Waals surface area contributed by atoms with E-state index in [9.17, 15) is 4.79 Å². The first-order valence-corrected chi connectivity index (χ1v) is 5.46. The molecule has 1 aromatic carbocycles. The first kappa shape index (κ1) is 12.8. The van der Waals surface area contributed by atoms with Crippen LogP contribution in [0.5, 0.6) is 11.5 Å². The van der Waals surface area contributed by atoms with Crippen LogP contribution in [-0.2, 0) is 4.79 Å². The third kappa shape index (κ3) is 2.67. The van der Waals surface area contributed by atoms with E-state index in [0.717, 1.165) is 0 Å². The highest BCUT2D eigenvalue weighted by Gasteiger charge is 2.20.